The lowest BCUT2D eigenvalue weighted by Gasteiger charge is -2.37. The number of benzene rings is 1. The maximum atomic E-state index is 13.8. The first-order valence-corrected chi connectivity index (χ1v) is 6.94. The third-order valence-electron chi connectivity index (χ3n) is 4.37. The van der Waals surface area contributed by atoms with Crippen LogP contribution in [0, 0.1) is 18.7 Å². The maximum Gasteiger partial charge on any atom is 0.127 e. The lowest BCUT2D eigenvalue weighted by Crippen LogP contribution is -2.44. The number of piperidine rings is 1. The van der Waals surface area contributed by atoms with Crippen LogP contribution in [0.5, 0.6) is 0 Å². The van der Waals surface area contributed by atoms with Gasteiger partial charge in [-0.15, -0.1) is 0 Å². The second-order valence-electron chi connectivity index (χ2n) is 5.69. The van der Waals surface area contributed by atoms with Crippen LogP contribution in [0.1, 0.15) is 24.0 Å². The molecule has 0 amide bonds. The van der Waals surface area contributed by atoms with Crippen LogP contribution in [0.3, 0.4) is 0 Å². The quantitative estimate of drug-likeness (QED) is 0.864. The number of aryl methyl sites for hydroxylation is 1. The van der Waals surface area contributed by atoms with E-state index in [1.165, 1.54) is 12.8 Å². The molecule has 1 N–H and O–H groups in total. The maximum absolute atomic E-state index is 13.8. The fraction of sp³-hybridized carbons (Fsp3) is 0.600. The molecule has 0 aliphatic carbocycles. The van der Waals surface area contributed by atoms with Crippen molar-refractivity contribution in [3.8, 4) is 0 Å². The first kappa shape index (κ1) is 12.1. The van der Waals surface area contributed by atoms with E-state index >= 15 is 0 Å². The minimum Gasteiger partial charge on any atom is -0.315 e. The molecule has 0 radical (unpaired) electrons. The van der Waals surface area contributed by atoms with E-state index in [2.05, 4.69) is 10.2 Å². The van der Waals surface area contributed by atoms with Gasteiger partial charge in [0.05, 0.1) is 0 Å². The van der Waals surface area contributed by atoms with Crippen molar-refractivity contribution in [3.63, 3.8) is 0 Å². The summed E-state index contributed by atoms with van der Waals surface area (Å²) in [6, 6.07) is 6.04. The first-order valence-electron chi connectivity index (χ1n) is 6.94. The zero-order valence-corrected chi connectivity index (χ0v) is 11.0. The summed E-state index contributed by atoms with van der Waals surface area (Å²) < 4.78 is 13.8. The Morgan fingerprint density at radius 3 is 3.17 bits per heavy atom. The average Bonchev–Trinajstić information content (AvgIpc) is 2.83. The molecule has 0 saturated carbocycles. The van der Waals surface area contributed by atoms with Gasteiger partial charge in [0, 0.05) is 24.7 Å². The Balaban J connectivity index is 1.77. The molecule has 2 heterocycles. The smallest absolute Gasteiger partial charge is 0.127 e. The number of fused-ring (bicyclic) bond motifs is 1. The van der Waals surface area contributed by atoms with Crippen LogP contribution < -0.4 is 5.32 Å². The Morgan fingerprint density at radius 2 is 2.28 bits per heavy atom. The molecule has 2 fully saturated rings. The molecule has 2 aliphatic heterocycles. The number of rotatable bonds is 2. The van der Waals surface area contributed by atoms with E-state index in [1.54, 1.807) is 6.07 Å². The molecule has 0 bridgehead atoms. The standard InChI is InChI=1S/C15H21FN2/c1-11-4-5-14(16)13(7-11)10-18-6-2-3-12-8-17-9-15(12)18/h4-5,7,12,15,17H,2-3,6,8-10H2,1H3. The average molecular weight is 248 g/mol. The Labute approximate surface area is 108 Å². The van der Waals surface area contributed by atoms with Crippen molar-refractivity contribution in [1.29, 1.82) is 0 Å². The third-order valence-corrected chi connectivity index (χ3v) is 4.37. The van der Waals surface area contributed by atoms with Crippen molar-refractivity contribution in [2.75, 3.05) is 19.6 Å². The zero-order valence-electron chi connectivity index (χ0n) is 11.0. The van der Waals surface area contributed by atoms with Crippen molar-refractivity contribution < 1.29 is 4.39 Å². The number of halogens is 1. The molecule has 98 valence electrons. The second kappa shape index (κ2) is 4.98. The number of nitrogens with zero attached hydrogens (tertiary/aromatic N) is 1. The van der Waals surface area contributed by atoms with E-state index < -0.39 is 0 Å². The number of hydrogen-bond donors (Lipinski definition) is 1. The Hall–Kier alpha value is -0.930. The molecule has 1 aromatic carbocycles. The van der Waals surface area contributed by atoms with Crippen LogP contribution >= 0.6 is 0 Å². The molecular weight excluding hydrogens is 227 g/mol. The molecule has 3 heteroatoms. The minimum absolute atomic E-state index is 0.0614. The van der Waals surface area contributed by atoms with Gasteiger partial charge in [-0.25, -0.2) is 4.39 Å². The molecule has 2 nitrogen and oxygen atoms in total. The van der Waals surface area contributed by atoms with Crippen LogP contribution in [-0.4, -0.2) is 30.6 Å². The first-order chi connectivity index (χ1) is 8.74. The SMILES string of the molecule is Cc1ccc(F)c(CN2CCCC3CNCC32)c1. The van der Waals surface area contributed by atoms with Gasteiger partial charge in [0.25, 0.3) is 0 Å². The van der Waals surface area contributed by atoms with Gasteiger partial charge < -0.3 is 5.32 Å². The topological polar surface area (TPSA) is 15.3 Å². The summed E-state index contributed by atoms with van der Waals surface area (Å²) in [6.07, 6.45) is 2.57. The highest BCUT2D eigenvalue weighted by Gasteiger charge is 2.34. The summed E-state index contributed by atoms with van der Waals surface area (Å²) in [7, 11) is 0. The van der Waals surface area contributed by atoms with E-state index in [0.29, 0.717) is 6.04 Å². The summed E-state index contributed by atoms with van der Waals surface area (Å²) in [5.41, 5.74) is 1.99. The van der Waals surface area contributed by atoms with Crippen molar-refractivity contribution in [3.05, 3.63) is 35.1 Å². The lowest BCUT2D eigenvalue weighted by molar-refractivity contribution is 0.116. The normalized spacial score (nSPS) is 28.3. The predicted molar refractivity (Wildman–Crippen MR) is 70.9 cm³/mol. The Bertz CT molecular complexity index is 433. The number of likely N-dealkylation sites (tertiary alicyclic amines) is 1. The van der Waals surface area contributed by atoms with Crippen LogP contribution in [-0.2, 0) is 6.54 Å². The molecule has 2 unspecified atom stereocenters. The van der Waals surface area contributed by atoms with E-state index in [-0.39, 0.29) is 5.82 Å². The molecular formula is C15H21FN2. The molecule has 2 atom stereocenters. The summed E-state index contributed by atoms with van der Waals surface area (Å²) in [4.78, 5) is 2.46. The van der Waals surface area contributed by atoms with Gasteiger partial charge in [-0.2, -0.15) is 0 Å². The monoisotopic (exact) mass is 248 g/mol. The van der Waals surface area contributed by atoms with Crippen molar-refractivity contribution in [1.82, 2.24) is 10.2 Å². The highest BCUT2D eigenvalue weighted by molar-refractivity contribution is 5.24. The van der Waals surface area contributed by atoms with E-state index in [9.17, 15) is 4.39 Å². The number of hydrogen-bond acceptors (Lipinski definition) is 2. The molecule has 2 aliphatic rings. The van der Waals surface area contributed by atoms with Crippen LogP contribution in [0.25, 0.3) is 0 Å². The summed E-state index contributed by atoms with van der Waals surface area (Å²) >= 11 is 0. The van der Waals surface area contributed by atoms with Gasteiger partial charge in [0.1, 0.15) is 5.82 Å². The van der Waals surface area contributed by atoms with Gasteiger partial charge in [-0.1, -0.05) is 17.7 Å². The fourth-order valence-corrected chi connectivity index (χ4v) is 3.40. The van der Waals surface area contributed by atoms with E-state index in [0.717, 1.165) is 43.2 Å². The lowest BCUT2D eigenvalue weighted by atomic mass is 9.91. The van der Waals surface area contributed by atoms with Crippen LogP contribution in [0.4, 0.5) is 4.39 Å². The molecule has 0 spiro atoms. The minimum atomic E-state index is -0.0614. The fourth-order valence-electron chi connectivity index (χ4n) is 3.40. The molecule has 3 rings (SSSR count). The van der Waals surface area contributed by atoms with Crippen molar-refractivity contribution >= 4 is 0 Å². The number of nitrogens with one attached hydrogen (secondary N) is 1. The van der Waals surface area contributed by atoms with E-state index in [1.807, 2.05) is 19.1 Å². The van der Waals surface area contributed by atoms with E-state index in [4.69, 9.17) is 0 Å². The molecule has 2 saturated heterocycles. The highest BCUT2D eigenvalue weighted by atomic mass is 19.1. The van der Waals surface area contributed by atoms with Gasteiger partial charge in [-0.3, -0.25) is 4.90 Å². The van der Waals surface area contributed by atoms with Crippen molar-refractivity contribution in [2.45, 2.75) is 32.4 Å². The molecule has 0 aromatic heterocycles. The van der Waals surface area contributed by atoms with Gasteiger partial charge >= 0.3 is 0 Å². The zero-order chi connectivity index (χ0) is 12.5. The highest BCUT2D eigenvalue weighted by Crippen LogP contribution is 2.28. The van der Waals surface area contributed by atoms with Crippen LogP contribution in [0.2, 0.25) is 0 Å². The largest absolute Gasteiger partial charge is 0.315 e. The molecule has 1 aromatic rings. The van der Waals surface area contributed by atoms with Gasteiger partial charge in [0.15, 0.2) is 0 Å². The predicted octanol–water partition coefficient (Wildman–Crippen LogP) is 2.32. The summed E-state index contributed by atoms with van der Waals surface area (Å²) in [5, 5.41) is 3.47. The van der Waals surface area contributed by atoms with Gasteiger partial charge in [0.2, 0.25) is 0 Å². The second-order valence-corrected chi connectivity index (χ2v) is 5.69. The van der Waals surface area contributed by atoms with Crippen molar-refractivity contribution in [2.24, 2.45) is 5.92 Å². The Kier molecular flexibility index (Phi) is 3.35. The molecule has 18 heavy (non-hydrogen) atoms. The third kappa shape index (κ3) is 2.29. The van der Waals surface area contributed by atoms with Crippen LogP contribution in [0.15, 0.2) is 18.2 Å². The summed E-state index contributed by atoms with van der Waals surface area (Å²) in [5.74, 6) is 0.709. The Morgan fingerprint density at radius 1 is 1.39 bits per heavy atom. The van der Waals surface area contributed by atoms with Gasteiger partial charge in [-0.05, 0) is 44.8 Å². The summed E-state index contributed by atoms with van der Waals surface area (Å²) in [6.45, 7) is 6.10.